The van der Waals surface area contributed by atoms with E-state index in [1.807, 2.05) is 18.2 Å². The summed E-state index contributed by atoms with van der Waals surface area (Å²) in [7, 11) is 0. The summed E-state index contributed by atoms with van der Waals surface area (Å²) in [6, 6.07) is 25.7. The average Bonchev–Trinajstić information content (AvgIpc) is 3.42. The molecule has 0 spiro atoms. The predicted molar refractivity (Wildman–Crippen MR) is 128 cm³/mol. The van der Waals surface area contributed by atoms with E-state index in [0.717, 1.165) is 67.3 Å². The van der Waals surface area contributed by atoms with Crippen LogP contribution in [0.5, 0.6) is 11.5 Å². The van der Waals surface area contributed by atoms with Crippen LogP contribution in [0.15, 0.2) is 72.8 Å². The van der Waals surface area contributed by atoms with Crippen molar-refractivity contribution in [3.8, 4) is 22.9 Å². The second-order valence-corrected chi connectivity index (χ2v) is 8.68. The van der Waals surface area contributed by atoms with Crippen molar-refractivity contribution in [3.63, 3.8) is 0 Å². The van der Waals surface area contributed by atoms with Crippen LogP contribution in [0.25, 0.3) is 11.4 Å². The molecule has 0 radical (unpaired) electrons. The van der Waals surface area contributed by atoms with Gasteiger partial charge in [0.1, 0.15) is 0 Å². The summed E-state index contributed by atoms with van der Waals surface area (Å²) in [6.07, 6.45) is 3.35. The van der Waals surface area contributed by atoms with Crippen molar-refractivity contribution in [2.45, 2.75) is 25.3 Å². The van der Waals surface area contributed by atoms with Crippen LogP contribution in [0.3, 0.4) is 0 Å². The summed E-state index contributed by atoms with van der Waals surface area (Å²) < 4.78 is 6.31. The van der Waals surface area contributed by atoms with Crippen LogP contribution < -0.4 is 9.64 Å². The third kappa shape index (κ3) is 3.96. The molecule has 2 aliphatic rings. The Morgan fingerprint density at radius 3 is 2.48 bits per heavy atom. The lowest BCUT2D eigenvalue weighted by Gasteiger charge is -2.42. The van der Waals surface area contributed by atoms with Crippen molar-refractivity contribution in [3.05, 3.63) is 78.4 Å². The van der Waals surface area contributed by atoms with Crippen molar-refractivity contribution in [1.82, 2.24) is 25.5 Å². The minimum absolute atomic E-state index is 0.430. The molecule has 0 aliphatic carbocycles. The first-order chi connectivity index (χ1) is 16.3. The van der Waals surface area contributed by atoms with Crippen LogP contribution in [0.2, 0.25) is 0 Å². The van der Waals surface area contributed by atoms with Gasteiger partial charge in [0.2, 0.25) is 0 Å². The molecule has 0 amide bonds. The van der Waals surface area contributed by atoms with Crippen LogP contribution in [0.4, 0.5) is 11.4 Å². The van der Waals surface area contributed by atoms with Gasteiger partial charge in [0.15, 0.2) is 17.3 Å². The number of H-pyrrole nitrogens is 1. The largest absolute Gasteiger partial charge is 0.453 e. The molecule has 2 aliphatic heterocycles. The van der Waals surface area contributed by atoms with Gasteiger partial charge in [-0.15, -0.1) is 5.10 Å². The zero-order valence-corrected chi connectivity index (χ0v) is 18.4. The third-order valence-corrected chi connectivity index (χ3v) is 6.66. The van der Waals surface area contributed by atoms with E-state index >= 15 is 0 Å². The van der Waals surface area contributed by atoms with Gasteiger partial charge in [-0.25, -0.2) is 5.10 Å². The number of ether oxygens (including phenoxy) is 1. The highest BCUT2D eigenvalue weighted by Gasteiger charge is 2.32. The van der Waals surface area contributed by atoms with Crippen molar-refractivity contribution >= 4 is 11.4 Å². The Kier molecular flexibility index (Phi) is 5.24. The monoisotopic (exact) mass is 438 g/mol. The molecule has 7 nitrogen and oxygen atoms in total. The normalized spacial score (nSPS) is 16.2. The number of anilines is 2. The van der Waals surface area contributed by atoms with Gasteiger partial charge in [-0.1, -0.05) is 42.5 Å². The lowest BCUT2D eigenvalue weighted by atomic mass is 9.99. The first-order valence-corrected chi connectivity index (χ1v) is 11.6. The fourth-order valence-corrected chi connectivity index (χ4v) is 4.94. The molecule has 1 N–H and O–H groups in total. The van der Waals surface area contributed by atoms with Gasteiger partial charge in [-0.05, 0) is 65.6 Å². The fourth-order valence-electron chi connectivity index (χ4n) is 4.94. The Labute approximate surface area is 193 Å². The molecule has 7 heteroatoms. The maximum atomic E-state index is 6.31. The molecule has 1 saturated heterocycles. The Morgan fingerprint density at radius 2 is 1.67 bits per heavy atom. The topological polar surface area (TPSA) is 70.2 Å². The lowest BCUT2D eigenvalue weighted by molar-refractivity contribution is 0.214. The van der Waals surface area contributed by atoms with E-state index in [1.54, 1.807) is 0 Å². The van der Waals surface area contributed by atoms with Gasteiger partial charge in [-0.3, -0.25) is 0 Å². The Morgan fingerprint density at radius 1 is 0.879 bits per heavy atom. The Balaban J connectivity index is 1.22. The van der Waals surface area contributed by atoms with Crippen LogP contribution >= 0.6 is 0 Å². The van der Waals surface area contributed by atoms with E-state index in [4.69, 9.17) is 4.74 Å². The highest BCUT2D eigenvalue weighted by atomic mass is 16.5. The Bertz CT molecular complexity index is 1220. The summed E-state index contributed by atoms with van der Waals surface area (Å²) in [5.41, 5.74) is 4.57. The summed E-state index contributed by atoms with van der Waals surface area (Å²) in [5, 5.41) is 14.3. The van der Waals surface area contributed by atoms with E-state index in [1.165, 1.54) is 5.56 Å². The highest BCUT2D eigenvalue weighted by Crippen LogP contribution is 2.49. The average molecular weight is 439 g/mol. The van der Waals surface area contributed by atoms with E-state index in [-0.39, 0.29) is 0 Å². The van der Waals surface area contributed by atoms with Crippen molar-refractivity contribution in [1.29, 1.82) is 0 Å². The molecule has 0 bridgehead atoms. The molecule has 0 atom stereocenters. The van der Waals surface area contributed by atoms with Gasteiger partial charge in [0.05, 0.1) is 11.4 Å². The molecule has 4 aromatic rings. The molecule has 3 heterocycles. The lowest BCUT2D eigenvalue weighted by Crippen LogP contribution is -2.44. The zero-order chi connectivity index (χ0) is 22.0. The number of aromatic amines is 1. The van der Waals surface area contributed by atoms with Crippen molar-refractivity contribution in [2.24, 2.45) is 0 Å². The summed E-state index contributed by atoms with van der Waals surface area (Å²) >= 11 is 0. The van der Waals surface area contributed by atoms with Crippen molar-refractivity contribution in [2.75, 3.05) is 24.5 Å². The van der Waals surface area contributed by atoms with E-state index in [2.05, 4.69) is 85.0 Å². The first-order valence-electron chi connectivity index (χ1n) is 11.6. The third-order valence-electron chi connectivity index (χ3n) is 6.66. The summed E-state index contributed by atoms with van der Waals surface area (Å²) in [6.45, 7) is 3.32. The van der Waals surface area contributed by atoms with Crippen LogP contribution in [0, 0.1) is 0 Å². The van der Waals surface area contributed by atoms with Gasteiger partial charge in [0.25, 0.3) is 0 Å². The predicted octanol–water partition coefficient (Wildman–Crippen LogP) is 4.82. The van der Waals surface area contributed by atoms with Crippen LogP contribution in [-0.4, -0.2) is 51.2 Å². The molecule has 33 heavy (non-hydrogen) atoms. The summed E-state index contributed by atoms with van der Waals surface area (Å²) in [4.78, 5) is 5.07. The molecule has 6 rings (SSSR count). The van der Waals surface area contributed by atoms with E-state index < -0.39 is 0 Å². The first kappa shape index (κ1) is 19.9. The Hall–Kier alpha value is -3.71. The number of benzene rings is 3. The number of para-hydroxylation sites is 2. The number of aromatic nitrogens is 4. The standard InChI is InChI=1S/C26H26N6O/c1-2-6-19(7-3-1)12-15-31-16-13-21(14-17-31)32-22-8-4-5-9-24(22)33-25-18-20(10-11-23(25)32)26-27-29-30-28-26/h1-11,18,21H,12-17H2,(H,27,28,29,30). The number of hydrogen-bond donors (Lipinski definition) is 1. The molecular formula is C26H26N6O. The van der Waals surface area contributed by atoms with Gasteiger partial charge >= 0.3 is 0 Å². The zero-order valence-electron chi connectivity index (χ0n) is 18.4. The maximum Gasteiger partial charge on any atom is 0.179 e. The maximum absolute atomic E-state index is 6.31. The van der Waals surface area contributed by atoms with Crippen LogP contribution in [0.1, 0.15) is 18.4 Å². The highest BCUT2D eigenvalue weighted by molar-refractivity contribution is 5.80. The van der Waals surface area contributed by atoms with Gasteiger partial charge in [-0.2, -0.15) is 0 Å². The minimum Gasteiger partial charge on any atom is -0.453 e. The number of likely N-dealkylation sites (tertiary alicyclic amines) is 1. The molecule has 0 saturated carbocycles. The number of rotatable bonds is 5. The molecule has 1 aromatic heterocycles. The van der Waals surface area contributed by atoms with Crippen molar-refractivity contribution < 1.29 is 4.74 Å². The second-order valence-electron chi connectivity index (χ2n) is 8.68. The second kappa shape index (κ2) is 8.67. The molecule has 1 fully saturated rings. The SMILES string of the molecule is c1ccc(CCN2CCC(N3c4ccccc4Oc4cc(-c5nnn[nH]5)ccc43)CC2)cc1. The summed E-state index contributed by atoms with van der Waals surface area (Å²) in [5.74, 6) is 2.37. The van der Waals surface area contributed by atoms with Gasteiger partial charge in [0, 0.05) is 31.2 Å². The number of nitrogens with one attached hydrogen (secondary N) is 1. The smallest absolute Gasteiger partial charge is 0.179 e. The van der Waals surface area contributed by atoms with Crippen LogP contribution in [-0.2, 0) is 6.42 Å². The molecule has 3 aromatic carbocycles. The number of piperidine rings is 1. The molecular weight excluding hydrogens is 412 g/mol. The van der Waals surface area contributed by atoms with E-state index in [9.17, 15) is 0 Å². The van der Waals surface area contributed by atoms with E-state index in [0.29, 0.717) is 11.9 Å². The number of tetrazole rings is 1. The molecule has 166 valence electrons. The number of fused-ring (bicyclic) bond motifs is 2. The van der Waals surface area contributed by atoms with Gasteiger partial charge < -0.3 is 14.5 Å². The minimum atomic E-state index is 0.430. The number of nitrogens with zero attached hydrogens (tertiary/aromatic N) is 5. The fraction of sp³-hybridized carbons (Fsp3) is 0.269. The molecule has 0 unspecified atom stereocenters. The quantitative estimate of drug-likeness (QED) is 0.482. The number of hydrogen-bond acceptors (Lipinski definition) is 6.